The standard InChI is InChI=1S/C11H19N3O3S/c1-8(16-3)10-12-11(18-13-10)14(2)7-5-6-9(15)17-4/h8H,5-7H2,1-4H3. The number of carbonyl (C=O) groups excluding carboxylic acids is 1. The Bertz CT molecular complexity index is 383. The van der Waals surface area contributed by atoms with Crippen molar-refractivity contribution in [3.05, 3.63) is 5.82 Å². The van der Waals surface area contributed by atoms with Crippen LogP contribution in [0.1, 0.15) is 31.7 Å². The molecule has 0 saturated carbocycles. The molecule has 0 saturated heterocycles. The van der Waals surface area contributed by atoms with Crippen molar-refractivity contribution in [2.75, 3.05) is 32.7 Å². The fourth-order valence-electron chi connectivity index (χ4n) is 1.31. The van der Waals surface area contributed by atoms with E-state index in [1.807, 2.05) is 18.9 Å². The first-order chi connectivity index (χ1) is 8.58. The number of anilines is 1. The number of esters is 1. The highest BCUT2D eigenvalue weighted by atomic mass is 32.1. The van der Waals surface area contributed by atoms with Gasteiger partial charge in [0, 0.05) is 38.7 Å². The van der Waals surface area contributed by atoms with Crippen LogP contribution < -0.4 is 4.90 Å². The molecule has 0 aliphatic rings. The minimum atomic E-state index is -0.186. The van der Waals surface area contributed by atoms with Crippen molar-refractivity contribution in [2.45, 2.75) is 25.9 Å². The van der Waals surface area contributed by atoms with Crippen LogP contribution in [0.3, 0.4) is 0 Å². The van der Waals surface area contributed by atoms with Crippen LogP contribution in [0, 0.1) is 0 Å². The van der Waals surface area contributed by atoms with Crippen LogP contribution in [0.2, 0.25) is 0 Å². The van der Waals surface area contributed by atoms with Crippen molar-refractivity contribution in [1.82, 2.24) is 9.36 Å². The Morgan fingerprint density at radius 1 is 1.50 bits per heavy atom. The number of ether oxygens (including phenoxy) is 2. The van der Waals surface area contributed by atoms with Gasteiger partial charge in [-0.3, -0.25) is 4.79 Å². The Balaban J connectivity index is 2.44. The number of methoxy groups -OCH3 is 2. The van der Waals surface area contributed by atoms with E-state index in [1.165, 1.54) is 18.6 Å². The molecule has 1 rings (SSSR count). The lowest BCUT2D eigenvalue weighted by Crippen LogP contribution is -2.19. The summed E-state index contributed by atoms with van der Waals surface area (Å²) in [5.41, 5.74) is 0. The second-order valence-corrected chi connectivity index (χ2v) is 4.64. The summed E-state index contributed by atoms with van der Waals surface area (Å²) in [5, 5.41) is 0.832. The number of hydrogen-bond donors (Lipinski definition) is 0. The van der Waals surface area contributed by atoms with E-state index < -0.39 is 0 Å². The molecule has 1 aromatic heterocycles. The van der Waals surface area contributed by atoms with Crippen LogP contribution in [0.5, 0.6) is 0 Å². The molecule has 0 radical (unpaired) electrons. The average Bonchev–Trinajstić information content (AvgIpc) is 2.87. The van der Waals surface area contributed by atoms with Crippen molar-refractivity contribution in [1.29, 1.82) is 0 Å². The van der Waals surface area contributed by atoms with Crippen LogP contribution in [0.4, 0.5) is 5.13 Å². The fourth-order valence-corrected chi connectivity index (χ4v) is 2.04. The molecule has 0 bridgehead atoms. The largest absolute Gasteiger partial charge is 0.469 e. The third kappa shape index (κ3) is 4.23. The summed E-state index contributed by atoms with van der Waals surface area (Å²) in [6.07, 6.45) is 1.05. The predicted molar refractivity (Wildman–Crippen MR) is 69.9 cm³/mol. The van der Waals surface area contributed by atoms with Gasteiger partial charge in [-0.05, 0) is 13.3 Å². The summed E-state index contributed by atoms with van der Waals surface area (Å²) < 4.78 is 14.0. The molecule has 1 aromatic rings. The summed E-state index contributed by atoms with van der Waals surface area (Å²) in [4.78, 5) is 17.3. The van der Waals surface area contributed by atoms with Crippen molar-refractivity contribution in [2.24, 2.45) is 0 Å². The van der Waals surface area contributed by atoms with E-state index in [2.05, 4.69) is 14.1 Å². The first-order valence-corrected chi connectivity index (χ1v) is 6.50. The Morgan fingerprint density at radius 3 is 2.83 bits per heavy atom. The van der Waals surface area contributed by atoms with E-state index in [4.69, 9.17) is 4.74 Å². The van der Waals surface area contributed by atoms with Crippen LogP contribution >= 0.6 is 11.5 Å². The molecule has 6 nitrogen and oxygen atoms in total. The number of hydrogen-bond acceptors (Lipinski definition) is 7. The molecule has 1 atom stereocenters. The molecule has 102 valence electrons. The van der Waals surface area contributed by atoms with Crippen molar-refractivity contribution >= 4 is 22.6 Å². The predicted octanol–water partition coefficient (Wildman–Crippen LogP) is 1.63. The minimum Gasteiger partial charge on any atom is -0.469 e. The van der Waals surface area contributed by atoms with Gasteiger partial charge in [-0.2, -0.15) is 4.37 Å². The Kier molecular flexibility index (Phi) is 6.00. The highest BCUT2D eigenvalue weighted by molar-refractivity contribution is 7.09. The second-order valence-electron chi connectivity index (χ2n) is 3.91. The van der Waals surface area contributed by atoms with Crippen molar-refractivity contribution in [3.8, 4) is 0 Å². The second kappa shape index (κ2) is 7.27. The maximum absolute atomic E-state index is 11.0. The molecular weight excluding hydrogens is 254 g/mol. The van der Waals surface area contributed by atoms with E-state index in [0.29, 0.717) is 12.2 Å². The molecule has 1 heterocycles. The van der Waals surface area contributed by atoms with E-state index in [1.54, 1.807) is 7.11 Å². The molecule has 0 aliphatic heterocycles. The summed E-state index contributed by atoms with van der Waals surface area (Å²) in [5.74, 6) is 0.506. The lowest BCUT2D eigenvalue weighted by atomic mass is 10.3. The van der Waals surface area contributed by atoms with Gasteiger partial charge in [0.25, 0.3) is 0 Å². The van der Waals surface area contributed by atoms with Gasteiger partial charge in [0.15, 0.2) is 5.82 Å². The average molecular weight is 273 g/mol. The smallest absolute Gasteiger partial charge is 0.305 e. The third-order valence-electron chi connectivity index (χ3n) is 2.58. The zero-order valence-corrected chi connectivity index (χ0v) is 12.0. The summed E-state index contributed by atoms with van der Waals surface area (Å²) in [6, 6.07) is 0. The van der Waals surface area contributed by atoms with Crippen molar-refractivity contribution < 1.29 is 14.3 Å². The van der Waals surface area contributed by atoms with E-state index in [9.17, 15) is 4.79 Å². The van der Waals surface area contributed by atoms with E-state index in [-0.39, 0.29) is 12.1 Å². The first-order valence-electron chi connectivity index (χ1n) is 5.72. The number of carbonyl (C=O) groups is 1. The number of nitrogens with zero attached hydrogens (tertiary/aromatic N) is 3. The van der Waals surface area contributed by atoms with Gasteiger partial charge in [-0.25, -0.2) is 4.98 Å². The third-order valence-corrected chi connectivity index (χ3v) is 3.42. The molecule has 0 amide bonds. The van der Waals surface area contributed by atoms with Crippen LogP contribution in [0.15, 0.2) is 0 Å². The number of aromatic nitrogens is 2. The van der Waals surface area contributed by atoms with Gasteiger partial charge in [0.2, 0.25) is 5.13 Å². The zero-order valence-electron chi connectivity index (χ0n) is 11.2. The Labute approximate surface area is 111 Å². The van der Waals surface area contributed by atoms with Gasteiger partial charge < -0.3 is 14.4 Å². The monoisotopic (exact) mass is 273 g/mol. The molecule has 18 heavy (non-hydrogen) atoms. The van der Waals surface area contributed by atoms with E-state index in [0.717, 1.165) is 18.1 Å². The molecular formula is C11H19N3O3S. The first kappa shape index (κ1) is 14.8. The molecule has 0 fully saturated rings. The van der Waals surface area contributed by atoms with Crippen LogP contribution in [-0.2, 0) is 14.3 Å². The molecule has 1 unspecified atom stereocenters. The van der Waals surface area contributed by atoms with Gasteiger partial charge in [-0.15, -0.1) is 0 Å². The van der Waals surface area contributed by atoms with Gasteiger partial charge in [-0.1, -0.05) is 0 Å². The van der Waals surface area contributed by atoms with Crippen molar-refractivity contribution in [3.63, 3.8) is 0 Å². The van der Waals surface area contributed by atoms with Gasteiger partial charge >= 0.3 is 5.97 Å². The fraction of sp³-hybridized carbons (Fsp3) is 0.727. The lowest BCUT2D eigenvalue weighted by molar-refractivity contribution is -0.140. The lowest BCUT2D eigenvalue weighted by Gasteiger charge is -2.14. The zero-order chi connectivity index (χ0) is 13.5. The quantitative estimate of drug-likeness (QED) is 0.704. The topological polar surface area (TPSA) is 64.5 Å². The van der Waals surface area contributed by atoms with Crippen LogP contribution in [0.25, 0.3) is 0 Å². The van der Waals surface area contributed by atoms with Gasteiger partial charge in [0.1, 0.15) is 6.10 Å². The van der Waals surface area contributed by atoms with E-state index >= 15 is 0 Å². The van der Waals surface area contributed by atoms with Crippen LogP contribution in [-0.4, -0.2) is 43.1 Å². The Morgan fingerprint density at radius 2 is 2.22 bits per heavy atom. The highest BCUT2D eigenvalue weighted by Crippen LogP contribution is 2.21. The van der Waals surface area contributed by atoms with Gasteiger partial charge in [0.05, 0.1) is 7.11 Å². The summed E-state index contributed by atoms with van der Waals surface area (Å²) >= 11 is 1.33. The number of rotatable bonds is 7. The normalized spacial score (nSPS) is 12.2. The molecule has 7 heteroatoms. The Hall–Kier alpha value is -1.21. The molecule has 0 N–H and O–H groups in total. The molecule has 0 spiro atoms. The maximum Gasteiger partial charge on any atom is 0.305 e. The SMILES string of the molecule is COC(=O)CCCN(C)c1nc(C(C)OC)ns1. The molecule has 0 aromatic carbocycles. The maximum atomic E-state index is 11.0. The summed E-state index contributed by atoms with van der Waals surface area (Å²) in [7, 11) is 4.96. The highest BCUT2D eigenvalue weighted by Gasteiger charge is 2.13. The molecule has 0 aliphatic carbocycles. The minimum absolute atomic E-state index is 0.0986. The summed E-state index contributed by atoms with van der Waals surface area (Å²) in [6.45, 7) is 2.65.